The number of anilines is 1. The summed E-state index contributed by atoms with van der Waals surface area (Å²) >= 11 is 0. The van der Waals surface area contributed by atoms with E-state index in [2.05, 4.69) is 19.9 Å². The second kappa shape index (κ2) is 6.40. The average Bonchev–Trinajstić information content (AvgIpc) is 3.04. The van der Waals surface area contributed by atoms with Gasteiger partial charge in [-0.3, -0.25) is 9.78 Å². The van der Waals surface area contributed by atoms with Crippen molar-refractivity contribution in [2.24, 2.45) is 7.05 Å². The molecule has 0 aliphatic rings. The van der Waals surface area contributed by atoms with E-state index in [4.69, 9.17) is 0 Å². The summed E-state index contributed by atoms with van der Waals surface area (Å²) in [4.78, 5) is 29.4. The number of amides is 1. The molecule has 0 bridgehead atoms. The van der Waals surface area contributed by atoms with Crippen molar-refractivity contribution >= 4 is 21.4 Å². The molecule has 3 aromatic heterocycles. The molecule has 10 heteroatoms. The van der Waals surface area contributed by atoms with Crippen LogP contribution in [0, 0.1) is 0 Å². The number of sulfone groups is 1. The summed E-state index contributed by atoms with van der Waals surface area (Å²) in [6.07, 6.45) is 6.99. The number of pyridine rings is 1. The maximum atomic E-state index is 12.7. The highest BCUT2D eigenvalue weighted by molar-refractivity contribution is 7.91. The number of carbonyl (C=O) groups excluding carboxylic acids is 1. The first kappa shape index (κ1) is 16.7. The van der Waals surface area contributed by atoms with E-state index in [-0.39, 0.29) is 16.0 Å². The minimum absolute atomic E-state index is 0.112. The lowest BCUT2D eigenvalue weighted by Gasteiger charge is -2.16. The summed E-state index contributed by atoms with van der Waals surface area (Å²) < 4.78 is 26.4. The lowest BCUT2D eigenvalue weighted by atomic mass is 10.3. The molecule has 0 aromatic carbocycles. The molecule has 9 nitrogen and oxygen atoms in total. The standard InChI is InChI=1S/C15H14N6O3S/c1-20(11-5-3-6-16-9-11)13(22)12-10-19-15(21(12)2)25(23,24)14-17-7-4-8-18-14/h3-10H,1-2H3. The molecule has 25 heavy (non-hydrogen) atoms. The Morgan fingerprint density at radius 1 is 1.08 bits per heavy atom. The van der Waals surface area contributed by atoms with E-state index in [0.29, 0.717) is 5.69 Å². The van der Waals surface area contributed by atoms with Gasteiger partial charge in [-0.05, 0) is 18.2 Å². The first-order chi connectivity index (χ1) is 11.9. The van der Waals surface area contributed by atoms with Crippen LogP contribution in [0.3, 0.4) is 0 Å². The Hall–Kier alpha value is -3.14. The molecule has 1 amide bonds. The molecule has 3 heterocycles. The van der Waals surface area contributed by atoms with Crippen LogP contribution in [0.5, 0.6) is 0 Å². The van der Waals surface area contributed by atoms with Gasteiger partial charge in [0.05, 0.1) is 18.1 Å². The van der Waals surface area contributed by atoms with E-state index in [9.17, 15) is 13.2 Å². The molecule has 0 aliphatic heterocycles. The molecule has 0 radical (unpaired) electrons. The van der Waals surface area contributed by atoms with Crippen molar-refractivity contribution in [2.45, 2.75) is 10.3 Å². The van der Waals surface area contributed by atoms with Gasteiger partial charge in [0.15, 0.2) is 0 Å². The molecular formula is C15H14N6O3S. The zero-order chi connectivity index (χ0) is 18.0. The molecule has 0 unspecified atom stereocenters. The Labute approximate surface area is 143 Å². The third kappa shape index (κ3) is 2.98. The molecule has 0 saturated carbocycles. The van der Waals surface area contributed by atoms with E-state index in [1.165, 1.54) is 47.4 Å². The van der Waals surface area contributed by atoms with Crippen LogP contribution < -0.4 is 4.90 Å². The molecule has 0 atom stereocenters. The number of aromatic nitrogens is 5. The van der Waals surface area contributed by atoms with Crippen LogP contribution >= 0.6 is 0 Å². The summed E-state index contributed by atoms with van der Waals surface area (Å²) in [5.74, 6) is -0.418. The topological polar surface area (TPSA) is 111 Å². The van der Waals surface area contributed by atoms with Gasteiger partial charge >= 0.3 is 0 Å². The maximum Gasteiger partial charge on any atom is 0.276 e. The van der Waals surface area contributed by atoms with E-state index in [1.807, 2.05) is 0 Å². The second-order valence-electron chi connectivity index (χ2n) is 5.10. The third-order valence-corrected chi connectivity index (χ3v) is 5.08. The summed E-state index contributed by atoms with van der Waals surface area (Å²) in [6, 6.07) is 4.93. The Bertz CT molecular complexity index is 1000. The van der Waals surface area contributed by atoms with E-state index in [1.54, 1.807) is 25.4 Å². The second-order valence-corrected chi connectivity index (χ2v) is 6.83. The van der Waals surface area contributed by atoms with Gasteiger partial charge < -0.3 is 9.47 Å². The number of carbonyl (C=O) groups is 1. The van der Waals surface area contributed by atoms with E-state index in [0.717, 1.165) is 0 Å². The van der Waals surface area contributed by atoms with Crippen LogP contribution in [0.1, 0.15) is 10.5 Å². The fourth-order valence-electron chi connectivity index (χ4n) is 2.19. The number of rotatable bonds is 4. The van der Waals surface area contributed by atoms with Crippen LogP contribution in [0.25, 0.3) is 0 Å². The molecule has 128 valence electrons. The zero-order valence-electron chi connectivity index (χ0n) is 13.4. The number of hydrogen-bond donors (Lipinski definition) is 0. The lowest BCUT2D eigenvalue weighted by molar-refractivity contribution is 0.0984. The molecular weight excluding hydrogens is 344 g/mol. The lowest BCUT2D eigenvalue weighted by Crippen LogP contribution is -2.28. The molecule has 0 saturated heterocycles. The van der Waals surface area contributed by atoms with E-state index >= 15 is 0 Å². The minimum Gasteiger partial charge on any atom is -0.314 e. The average molecular weight is 358 g/mol. The normalized spacial score (nSPS) is 11.3. The molecule has 3 aromatic rings. The number of hydrogen-bond acceptors (Lipinski definition) is 7. The summed E-state index contributed by atoms with van der Waals surface area (Å²) in [6.45, 7) is 0. The van der Waals surface area contributed by atoms with Crippen molar-refractivity contribution < 1.29 is 13.2 Å². The largest absolute Gasteiger partial charge is 0.314 e. The van der Waals surface area contributed by atoms with Crippen molar-refractivity contribution in [1.82, 2.24) is 24.5 Å². The Morgan fingerprint density at radius 2 is 1.80 bits per heavy atom. The minimum atomic E-state index is -4.03. The monoisotopic (exact) mass is 358 g/mol. The Morgan fingerprint density at radius 3 is 2.44 bits per heavy atom. The van der Waals surface area contributed by atoms with Crippen molar-refractivity contribution in [3.05, 3.63) is 54.9 Å². The number of imidazole rings is 1. The van der Waals surface area contributed by atoms with Gasteiger partial charge in [-0.1, -0.05) is 0 Å². The fourth-order valence-corrected chi connectivity index (χ4v) is 3.40. The van der Waals surface area contributed by atoms with Crippen LogP contribution in [0.15, 0.2) is 59.5 Å². The Balaban J connectivity index is 1.98. The predicted molar refractivity (Wildman–Crippen MR) is 87.7 cm³/mol. The van der Waals surface area contributed by atoms with Gasteiger partial charge in [-0.15, -0.1) is 0 Å². The highest BCUT2D eigenvalue weighted by Crippen LogP contribution is 2.19. The van der Waals surface area contributed by atoms with Gasteiger partial charge in [0, 0.05) is 32.7 Å². The van der Waals surface area contributed by atoms with Gasteiger partial charge in [-0.25, -0.2) is 23.4 Å². The van der Waals surface area contributed by atoms with Gasteiger partial charge in [0.25, 0.3) is 20.9 Å². The van der Waals surface area contributed by atoms with Crippen molar-refractivity contribution in [2.75, 3.05) is 11.9 Å². The fraction of sp³-hybridized carbons (Fsp3) is 0.133. The van der Waals surface area contributed by atoms with Crippen LogP contribution in [0.2, 0.25) is 0 Å². The quantitative estimate of drug-likeness (QED) is 0.632. The maximum absolute atomic E-state index is 12.7. The van der Waals surface area contributed by atoms with Crippen molar-refractivity contribution in [3.8, 4) is 0 Å². The van der Waals surface area contributed by atoms with Gasteiger partial charge in [0.2, 0.25) is 5.16 Å². The zero-order valence-corrected chi connectivity index (χ0v) is 14.3. The first-order valence-electron chi connectivity index (χ1n) is 7.15. The highest BCUT2D eigenvalue weighted by Gasteiger charge is 2.29. The summed E-state index contributed by atoms with van der Waals surface area (Å²) in [7, 11) is -1.00. The van der Waals surface area contributed by atoms with Crippen molar-refractivity contribution in [3.63, 3.8) is 0 Å². The smallest absolute Gasteiger partial charge is 0.276 e. The van der Waals surface area contributed by atoms with Crippen LogP contribution in [0.4, 0.5) is 5.69 Å². The summed E-state index contributed by atoms with van der Waals surface area (Å²) in [5.41, 5.74) is 0.686. The molecule has 3 rings (SSSR count). The third-order valence-electron chi connectivity index (χ3n) is 3.53. The van der Waals surface area contributed by atoms with Crippen LogP contribution in [-0.4, -0.2) is 45.9 Å². The van der Waals surface area contributed by atoms with E-state index < -0.39 is 15.7 Å². The molecule has 0 fully saturated rings. The Kier molecular flexibility index (Phi) is 4.28. The van der Waals surface area contributed by atoms with Crippen LogP contribution in [-0.2, 0) is 16.9 Å². The molecule has 0 N–H and O–H groups in total. The molecule has 0 spiro atoms. The highest BCUT2D eigenvalue weighted by atomic mass is 32.2. The van der Waals surface area contributed by atoms with Gasteiger partial charge in [0.1, 0.15) is 5.69 Å². The number of nitrogens with zero attached hydrogens (tertiary/aromatic N) is 6. The SMILES string of the molecule is CN(C(=O)c1cnc(S(=O)(=O)c2ncccn2)n1C)c1cccnc1. The first-order valence-corrected chi connectivity index (χ1v) is 8.63. The van der Waals surface area contributed by atoms with Gasteiger partial charge in [-0.2, -0.15) is 0 Å². The molecule has 0 aliphatic carbocycles. The predicted octanol–water partition coefficient (Wildman–Crippen LogP) is 0.714. The van der Waals surface area contributed by atoms with Crippen molar-refractivity contribution in [1.29, 1.82) is 0 Å². The summed E-state index contributed by atoms with van der Waals surface area (Å²) in [5, 5.41) is -0.676.